The van der Waals surface area contributed by atoms with Gasteiger partial charge in [0.1, 0.15) is 29.4 Å². The quantitative estimate of drug-likeness (QED) is 0.244. The number of carbonyl (C=O) groups is 3. The summed E-state index contributed by atoms with van der Waals surface area (Å²) in [6, 6.07) is 5.84. The van der Waals surface area contributed by atoms with Crippen LogP contribution < -0.4 is 26.4 Å². The number of benzene rings is 1. The average Bonchev–Trinajstić information content (AvgIpc) is 3.80. The van der Waals surface area contributed by atoms with Crippen LogP contribution in [0.1, 0.15) is 77.9 Å². The Labute approximate surface area is 309 Å². The van der Waals surface area contributed by atoms with Crippen LogP contribution in [0.5, 0.6) is 5.88 Å². The smallest absolute Gasteiger partial charge is 0.410 e. The number of nitrogens with one attached hydrogen (secondary N) is 1. The van der Waals surface area contributed by atoms with Crippen LogP contribution in [0.4, 0.5) is 20.7 Å². The lowest BCUT2D eigenvalue weighted by atomic mass is 9.88. The molecule has 3 aliphatic rings. The molecule has 1 aromatic carbocycles. The maximum absolute atomic E-state index is 14.8. The lowest BCUT2D eigenvalue weighted by Crippen LogP contribution is -2.48. The number of hydrogen-bond acceptors (Lipinski definition) is 12. The number of carbonyl (C=O) groups excluding carboxylic acids is 3. The van der Waals surface area contributed by atoms with Crippen molar-refractivity contribution in [1.82, 2.24) is 29.8 Å². The van der Waals surface area contributed by atoms with Gasteiger partial charge in [0.25, 0.3) is 11.8 Å². The molecule has 6 heterocycles. The van der Waals surface area contributed by atoms with Gasteiger partial charge in [-0.15, -0.1) is 11.3 Å². The van der Waals surface area contributed by atoms with Crippen molar-refractivity contribution in [2.45, 2.75) is 83.1 Å². The summed E-state index contributed by atoms with van der Waals surface area (Å²) >= 11 is 1.28. The molecule has 15 nitrogen and oxygen atoms in total. The number of ether oxygens (including phenoxy) is 3. The van der Waals surface area contributed by atoms with Crippen molar-refractivity contribution in [2.24, 2.45) is 5.73 Å². The molecule has 1 spiro atoms. The number of anilines is 2. The minimum Gasteiger partial charge on any atom is -0.471 e. The second-order valence-electron chi connectivity index (χ2n) is 14.9. The number of hydrogen-bond donors (Lipinski definition) is 3. The zero-order chi connectivity index (χ0) is 37.7. The van der Waals surface area contributed by atoms with E-state index in [9.17, 15) is 18.8 Å². The van der Waals surface area contributed by atoms with Crippen molar-refractivity contribution in [1.29, 1.82) is 0 Å². The number of halogens is 1. The summed E-state index contributed by atoms with van der Waals surface area (Å²) < 4.78 is 34.6. The van der Waals surface area contributed by atoms with Crippen LogP contribution in [0.3, 0.4) is 0 Å². The molecule has 0 radical (unpaired) electrons. The largest absolute Gasteiger partial charge is 0.471 e. The minimum atomic E-state index is -0.857. The first-order valence-corrected chi connectivity index (χ1v) is 18.5. The first kappa shape index (κ1) is 36.3. The number of likely N-dealkylation sites (tertiary alicyclic amines) is 1. The predicted octanol–water partition coefficient (Wildman–Crippen LogP) is 4.32. The summed E-state index contributed by atoms with van der Waals surface area (Å²) in [5.74, 6) is -1.33. The number of amides is 3. The van der Waals surface area contributed by atoms with E-state index in [0.29, 0.717) is 78.7 Å². The van der Waals surface area contributed by atoms with Gasteiger partial charge in [-0.05, 0) is 71.6 Å². The Morgan fingerprint density at radius 2 is 1.92 bits per heavy atom. The van der Waals surface area contributed by atoms with E-state index in [1.54, 1.807) is 15.5 Å². The fourth-order valence-electron chi connectivity index (χ4n) is 7.37. The lowest BCUT2D eigenvalue weighted by molar-refractivity contribution is -0.0490. The van der Waals surface area contributed by atoms with Crippen LogP contribution in [0.15, 0.2) is 30.6 Å². The Balaban J connectivity index is 1.02. The highest BCUT2D eigenvalue weighted by Gasteiger charge is 2.45. The summed E-state index contributed by atoms with van der Waals surface area (Å²) in [6.07, 6.45) is 4.23. The number of nitrogens with two attached hydrogens (primary N) is 2. The number of nitrogens with zero attached hydrogens (tertiary/aromatic N) is 6. The molecule has 7 rings (SSSR count). The van der Waals surface area contributed by atoms with Crippen molar-refractivity contribution in [3.63, 3.8) is 0 Å². The van der Waals surface area contributed by atoms with Gasteiger partial charge in [0.2, 0.25) is 5.88 Å². The number of aryl methyl sites for hydroxylation is 1. The third-order valence-corrected chi connectivity index (χ3v) is 10.8. The molecule has 3 fully saturated rings. The zero-order valence-corrected chi connectivity index (χ0v) is 31.0. The number of aromatic nitrogens is 4. The Morgan fingerprint density at radius 1 is 1.15 bits per heavy atom. The van der Waals surface area contributed by atoms with Gasteiger partial charge in [-0.25, -0.2) is 23.7 Å². The minimum absolute atomic E-state index is 0.207. The van der Waals surface area contributed by atoms with E-state index in [1.165, 1.54) is 29.8 Å². The lowest BCUT2D eigenvalue weighted by Gasteiger charge is -2.38. The molecule has 0 bridgehead atoms. The maximum atomic E-state index is 14.8. The molecule has 2 atom stereocenters. The van der Waals surface area contributed by atoms with Gasteiger partial charge in [-0.3, -0.25) is 9.59 Å². The van der Waals surface area contributed by atoms with Gasteiger partial charge < -0.3 is 40.8 Å². The SMILES string of the molecule is Cc1nc(OC2COC3(CCN(C(=O)OC(C)(C)C)CC3)C2)c(C(=O)N[C@@H]2CCCN(c3cc(-c4ccc(C(N)=O)c(F)c4)n4ncnc(N)c34)C2)s1. The number of nitrogen functional groups attached to an aromatic ring is 1. The fraction of sp³-hybridized carbons (Fsp3) is 0.500. The van der Waals surface area contributed by atoms with E-state index in [2.05, 4.69) is 25.3 Å². The average molecular weight is 750 g/mol. The number of fused-ring (bicyclic) bond motifs is 1. The van der Waals surface area contributed by atoms with Gasteiger partial charge in [-0.2, -0.15) is 5.10 Å². The van der Waals surface area contributed by atoms with E-state index in [4.69, 9.17) is 25.7 Å². The maximum Gasteiger partial charge on any atom is 0.410 e. The Hall–Kier alpha value is -5.03. The topological polar surface area (TPSA) is 193 Å². The molecule has 17 heteroatoms. The monoisotopic (exact) mass is 749 g/mol. The van der Waals surface area contributed by atoms with Gasteiger partial charge in [0.05, 0.1) is 34.2 Å². The van der Waals surface area contributed by atoms with Crippen molar-refractivity contribution >= 4 is 46.3 Å². The molecule has 282 valence electrons. The molecule has 3 aromatic heterocycles. The van der Waals surface area contributed by atoms with Crippen LogP contribution in [0, 0.1) is 12.7 Å². The summed E-state index contributed by atoms with van der Waals surface area (Å²) in [4.78, 5) is 51.0. The van der Waals surface area contributed by atoms with Gasteiger partial charge in [-0.1, -0.05) is 6.07 Å². The van der Waals surface area contributed by atoms with Crippen molar-refractivity contribution < 1.29 is 33.0 Å². The first-order chi connectivity index (χ1) is 25.2. The Morgan fingerprint density at radius 3 is 2.64 bits per heavy atom. The number of piperidine rings is 2. The summed E-state index contributed by atoms with van der Waals surface area (Å²) in [6.45, 7) is 9.99. The predicted molar refractivity (Wildman–Crippen MR) is 196 cm³/mol. The van der Waals surface area contributed by atoms with Crippen LogP contribution in [0.2, 0.25) is 0 Å². The van der Waals surface area contributed by atoms with E-state index >= 15 is 0 Å². The molecule has 5 N–H and O–H groups in total. The highest BCUT2D eigenvalue weighted by Crippen LogP contribution is 2.39. The fourth-order valence-corrected chi connectivity index (χ4v) is 8.13. The molecular weight excluding hydrogens is 706 g/mol. The summed E-state index contributed by atoms with van der Waals surface area (Å²) in [5.41, 5.74) is 12.8. The zero-order valence-electron chi connectivity index (χ0n) is 30.2. The summed E-state index contributed by atoms with van der Waals surface area (Å²) in [5, 5.41) is 8.30. The van der Waals surface area contributed by atoms with E-state index in [0.717, 1.165) is 18.5 Å². The highest BCUT2D eigenvalue weighted by molar-refractivity contribution is 7.13. The molecule has 3 aliphatic heterocycles. The molecule has 3 amide bonds. The third-order valence-electron chi connectivity index (χ3n) is 9.88. The van der Waals surface area contributed by atoms with E-state index in [1.807, 2.05) is 33.8 Å². The Kier molecular flexibility index (Phi) is 9.65. The van der Waals surface area contributed by atoms with E-state index < -0.39 is 22.9 Å². The standard InChI is InChI=1S/C36H44FN9O6S/c1-20-42-33(51-23-16-36(50-18-23)9-12-44(13-10-36)34(49)52-35(2,3)4)29(53-20)32(48)43-22-6-5-11-45(17-22)27-15-26(46-28(27)30(38)40-19-41-46)21-7-8-24(31(39)47)25(37)14-21/h7-8,14-15,19,22-23H,5-6,9-13,16-18H2,1-4H3,(H2,39,47)(H,43,48)(H2,38,40,41)/t22-,23?/m1/s1. The third kappa shape index (κ3) is 7.58. The first-order valence-electron chi connectivity index (χ1n) is 17.7. The van der Waals surface area contributed by atoms with Crippen LogP contribution in [0.25, 0.3) is 16.8 Å². The van der Waals surface area contributed by atoms with E-state index in [-0.39, 0.29) is 41.4 Å². The van der Waals surface area contributed by atoms with Crippen LogP contribution >= 0.6 is 11.3 Å². The second kappa shape index (κ2) is 14.1. The molecule has 3 saturated heterocycles. The van der Waals surface area contributed by atoms with Crippen LogP contribution in [-0.2, 0) is 9.47 Å². The van der Waals surface area contributed by atoms with Gasteiger partial charge in [0.15, 0.2) is 10.7 Å². The number of rotatable bonds is 7. The number of primary amides is 1. The molecule has 4 aromatic rings. The second-order valence-corrected chi connectivity index (χ2v) is 16.1. The molecule has 0 saturated carbocycles. The molecule has 53 heavy (non-hydrogen) atoms. The Bertz CT molecular complexity index is 2050. The normalized spacial score (nSPS) is 20.2. The van der Waals surface area contributed by atoms with Gasteiger partial charge in [0, 0.05) is 44.2 Å². The molecular formula is C36H44FN9O6S. The van der Waals surface area contributed by atoms with Crippen molar-refractivity contribution in [2.75, 3.05) is 43.4 Å². The molecule has 1 unspecified atom stereocenters. The van der Waals surface area contributed by atoms with Crippen LogP contribution in [-0.4, -0.2) is 98.5 Å². The summed E-state index contributed by atoms with van der Waals surface area (Å²) in [7, 11) is 0. The van der Waals surface area contributed by atoms with Gasteiger partial charge >= 0.3 is 6.09 Å². The molecule has 0 aliphatic carbocycles. The highest BCUT2D eigenvalue weighted by atomic mass is 32.1. The van der Waals surface area contributed by atoms with Crippen molar-refractivity contribution in [3.8, 4) is 17.1 Å². The van der Waals surface area contributed by atoms with Crippen molar-refractivity contribution in [3.05, 3.63) is 51.9 Å². The number of thiazole rings is 1.